The molecule has 1 fully saturated rings. The summed E-state index contributed by atoms with van der Waals surface area (Å²) >= 11 is 7.78. The number of thiophene rings is 1. The van der Waals surface area contributed by atoms with Gasteiger partial charge in [-0.15, -0.1) is 11.3 Å². The van der Waals surface area contributed by atoms with Gasteiger partial charge in [0.15, 0.2) is 6.54 Å². The van der Waals surface area contributed by atoms with Crippen molar-refractivity contribution in [3.05, 3.63) is 51.2 Å². The Morgan fingerprint density at radius 2 is 2.32 bits per heavy atom. The first kappa shape index (κ1) is 18.4. The molecule has 1 aromatic heterocycles. The molecule has 6 heteroatoms. The van der Waals surface area contributed by atoms with E-state index in [1.54, 1.807) is 17.4 Å². The van der Waals surface area contributed by atoms with Crippen LogP contribution < -0.4 is 10.2 Å². The zero-order valence-corrected chi connectivity index (χ0v) is 16.0. The molecule has 1 aliphatic heterocycles. The van der Waals surface area contributed by atoms with E-state index in [2.05, 4.69) is 22.8 Å². The zero-order chi connectivity index (χ0) is 17.6. The van der Waals surface area contributed by atoms with Crippen molar-refractivity contribution < 1.29 is 14.4 Å². The molecular weight excluding hydrogens is 356 g/mol. The van der Waals surface area contributed by atoms with E-state index in [0.29, 0.717) is 11.6 Å². The maximum atomic E-state index is 12.6. The quantitative estimate of drug-likeness (QED) is 0.776. The number of carbonyl (C=O) groups excluding carboxylic acids is 1. The van der Waals surface area contributed by atoms with Gasteiger partial charge in [0.2, 0.25) is 0 Å². The minimum absolute atomic E-state index is 0.00918. The molecule has 0 saturated carbocycles. The Kier molecular flexibility index (Phi) is 6.48. The average molecular weight is 380 g/mol. The number of hydrogen-bond donors (Lipinski definition) is 2. The highest BCUT2D eigenvalue weighted by Gasteiger charge is 2.24. The van der Waals surface area contributed by atoms with Gasteiger partial charge in [-0.3, -0.25) is 4.79 Å². The first-order valence-corrected chi connectivity index (χ1v) is 9.89. The van der Waals surface area contributed by atoms with Crippen molar-refractivity contribution in [2.45, 2.75) is 32.4 Å². The first-order chi connectivity index (χ1) is 12.1. The van der Waals surface area contributed by atoms with Gasteiger partial charge in [-0.25, -0.2) is 0 Å². The van der Waals surface area contributed by atoms with Gasteiger partial charge in [0, 0.05) is 17.3 Å². The molecule has 2 atom stereocenters. The maximum Gasteiger partial charge on any atom is 0.279 e. The average Bonchev–Trinajstić information content (AvgIpc) is 3.25. The molecule has 25 heavy (non-hydrogen) atoms. The number of carbonyl (C=O) groups is 1. The molecule has 0 bridgehead atoms. The highest BCUT2D eigenvalue weighted by Crippen LogP contribution is 2.19. The van der Waals surface area contributed by atoms with Crippen molar-refractivity contribution in [3.63, 3.8) is 0 Å². The van der Waals surface area contributed by atoms with Crippen LogP contribution in [0.4, 0.5) is 5.69 Å². The van der Waals surface area contributed by atoms with Crippen molar-refractivity contribution in [2.75, 3.05) is 25.0 Å². The molecule has 1 saturated heterocycles. The maximum absolute atomic E-state index is 12.6. The molecule has 2 N–H and O–H groups in total. The third-order valence-electron chi connectivity index (χ3n) is 4.43. The van der Waals surface area contributed by atoms with Crippen LogP contribution in [0.1, 0.15) is 23.3 Å². The zero-order valence-electron chi connectivity index (χ0n) is 14.4. The predicted molar refractivity (Wildman–Crippen MR) is 103 cm³/mol. The number of anilines is 1. The highest BCUT2D eigenvalue weighted by molar-refractivity contribution is 7.09. The van der Waals surface area contributed by atoms with E-state index in [4.69, 9.17) is 16.3 Å². The van der Waals surface area contributed by atoms with Crippen LogP contribution in [0.2, 0.25) is 5.02 Å². The fourth-order valence-corrected chi connectivity index (χ4v) is 4.09. The number of amides is 1. The minimum Gasteiger partial charge on any atom is -0.372 e. The predicted octanol–water partition coefficient (Wildman–Crippen LogP) is 2.91. The second kappa shape index (κ2) is 8.81. The van der Waals surface area contributed by atoms with Crippen LogP contribution in [-0.2, 0) is 16.1 Å². The number of hydrogen-bond acceptors (Lipinski definition) is 3. The lowest BCUT2D eigenvalue weighted by Crippen LogP contribution is -3.12. The number of aryl methyl sites for hydroxylation is 1. The number of ether oxygens (including phenoxy) is 1. The van der Waals surface area contributed by atoms with E-state index < -0.39 is 0 Å². The summed E-state index contributed by atoms with van der Waals surface area (Å²) in [7, 11) is 0. The van der Waals surface area contributed by atoms with Crippen LogP contribution >= 0.6 is 22.9 Å². The Morgan fingerprint density at radius 1 is 1.44 bits per heavy atom. The van der Waals surface area contributed by atoms with Crippen molar-refractivity contribution in [1.82, 2.24) is 0 Å². The standard InChI is InChI=1S/C19H23ClN2O2S/c1-14-6-7-15(20)10-18(14)21-19(23)13-22(11-16-4-2-8-24-16)12-17-5-3-9-25-17/h3,5-7,9-10,16H,2,4,8,11-13H2,1H3,(H,21,23)/p+1/t16-/m1/s1. The van der Waals surface area contributed by atoms with Gasteiger partial charge < -0.3 is 15.0 Å². The lowest BCUT2D eigenvalue weighted by Gasteiger charge is -2.21. The van der Waals surface area contributed by atoms with E-state index >= 15 is 0 Å². The Hall–Kier alpha value is -1.40. The summed E-state index contributed by atoms with van der Waals surface area (Å²) in [6.07, 6.45) is 2.46. The van der Waals surface area contributed by atoms with Gasteiger partial charge in [0.05, 0.1) is 4.88 Å². The molecule has 1 aromatic carbocycles. The van der Waals surface area contributed by atoms with E-state index in [1.807, 2.05) is 19.1 Å². The number of benzene rings is 1. The molecule has 134 valence electrons. The number of nitrogens with one attached hydrogen (secondary N) is 2. The Morgan fingerprint density at radius 3 is 3.04 bits per heavy atom. The molecule has 3 rings (SSSR count). The summed E-state index contributed by atoms with van der Waals surface area (Å²) in [5, 5.41) is 5.71. The minimum atomic E-state index is 0.00918. The van der Waals surface area contributed by atoms with Crippen LogP contribution in [0.15, 0.2) is 35.7 Å². The van der Waals surface area contributed by atoms with Gasteiger partial charge in [-0.05, 0) is 48.9 Å². The number of halogens is 1. The van der Waals surface area contributed by atoms with Crippen molar-refractivity contribution >= 4 is 34.5 Å². The number of rotatable bonds is 7. The summed E-state index contributed by atoms with van der Waals surface area (Å²) in [4.78, 5) is 15.1. The summed E-state index contributed by atoms with van der Waals surface area (Å²) < 4.78 is 5.77. The molecule has 2 heterocycles. The molecule has 0 spiro atoms. The molecule has 1 amide bonds. The fourth-order valence-electron chi connectivity index (χ4n) is 3.14. The largest absolute Gasteiger partial charge is 0.372 e. The molecule has 2 aromatic rings. The summed E-state index contributed by atoms with van der Waals surface area (Å²) in [5.74, 6) is 0.00918. The van der Waals surface area contributed by atoms with Gasteiger partial charge >= 0.3 is 0 Å². The second-order valence-electron chi connectivity index (χ2n) is 6.53. The summed E-state index contributed by atoms with van der Waals surface area (Å²) in [6, 6.07) is 9.73. The Labute approximate surface area is 157 Å². The van der Waals surface area contributed by atoms with Crippen LogP contribution in [0.5, 0.6) is 0 Å². The van der Waals surface area contributed by atoms with Crippen LogP contribution in [0, 0.1) is 6.92 Å². The molecule has 1 unspecified atom stereocenters. The van der Waals surface area contributed by atoms with Gasteiger partial charge in [-0.2, -0.15) is 0 Å². The van der Waals surface area contributed by atoms with Crippen LogP contribution in [0.25, 0.3) is 0 Å². The van der Waals surface area contributed by atoms with Crippen molar-refractivity contribution in [1.29, 1.82) is 0 Å². The first-order valence-electron chi connectivity index (χ1n) is 8.63. The normalized spacial score (nSPS) is 18.2. The van der Waals surface area contributed by atoms with Crippen molar-refractivity contribution in [2.24, 2.45) is 0 Å². The molecule has 4 nitrogen and oxygen atoms in total. The third kappa shape index (κ3) is 5.54. The monoisotopic (exact) mass is 379 g/mol. The third-order valence-corrected chi connectivity index (χ3v) is 5.54. The van der Waals surface area contributed by atoms with Crippen molar-refractivity contribution in [3.8, 4) is 0 Å². The SMILES string of the molecule is Cc1ccc(Cl)cc1NC(=O)C[NH+](Cc1cccs1)C[C@H]1CCCO1. The number of quaternary nitrogens is 1. The Bertz CT molecular complexity index is 699. The van der Waals surface area contributed by atoms with E-state index in [9.17, 15) is 4.79 Å². The van der Waals surface area contributed by atoms with Gasteiger partial charge in [-0.1, -0.05) is 23.7 Å². The van der Waals surface area contributed by atoms with E-state index in [-0.39, 0.29) is 12.0 Å². The Balaban J connectivity index is 1.63. The second-order valence-corrected chi connectivity index (χ2v) is 8.00. The fraction of sp³-hybridized carbons (Fsp3) is 0.421. The van der Waals surface area contributed by atoms with Crippen LogP contribution in [-0.4, -0.2) is 31.7 Å². The summed E-state index contributed by atoms with van der Waals surface area (Å²) in [5.41, 5.74) is 1.79. The van der Waals surface area contributed by atoms with Crippen LogP contribution in [0.3, 0.4) is 0 Å². The van der Waals surface area contributed by atoms with Gasteiger partial charge in [0.25, 0.3) is 5.91 Å². The van der Waals surface area contributed by atoms with E-state index in [0.717, 1.165) is 43.8 Å². The van der Waals surface area contributed by atoms with E-state index in [1.165, 1.54) is 9.78 Å². The van der Waals surface area contributed by atoms with Gasteiger partial charge in [0.1, 0.15) is 19.2 Å². The highest BCUT2D eigenvalue weighted by atomic mass is 35.5. The smallest absolute Gasteiger partial charge is 0.279 e. The molecular formula is C19H24ClN2O2S+. The lowest BCUT2D eigenvalue weighted by molar-refractivity contribution is -0.908. The lowest BCUT2D eigenvalue weighted by atomic mass is 10.2. The summed E-state index contributed by atoms with van der Waals surface area (Å²) in [6.45, 7) is 4.93. The molecule has 0 radical (unpaired) electrons. The topological polar surface area (TPSA) is 42.8 Å². The molecule has 1 aliphatic rings. The molecule has 0 aliphatic carbocycles.